The fraction of sp³-hybridized carbons (Fsp3) is 0.0714. The first-order valence-corrected chi connectivity index (χ1v) is 7.52. The highest BCUT2D eigenvalue weighted by Crippen LogP contribution is 2.24. The summed E-state index contributed by atoms with van der Waals surface area (Å²) in [6, 6.07) is 8.69. The molecule has 0 fully saturated rings. The van der Waals surface area contributed by atoms with E-state index < -0.39 is 23.1 Å². The molecule has 0 radical (unpaired) electrons. The van der Waals surface area contributed by atoms with E-state index in [1.54, 1.807) is 12.1 Å². The molecule has 1 unspecified atom stereocenters. The number of ether oxygens (including phenoxy) is 1. The highest BCUT2D eigenvalue weighted by atomic mass is 32.2. The Morgan fingerprint density at radius 2 is 1.91 bits per heavy atom. The van der Waals surface area contributed by atoms with Gasteiger partial charge in [0, 0.05) is 6.07 Å². The van der Waals surface area contributed by atoms with Crippen LogP contribution in [-0.4, -0.2) is 27.9 Å². The van der Waals surface area contributed by atoms with Gasteiger partial charge in [0.2, 0.25) is 4.90 Å². The van der Waals surface area contributed by atoms with E-state index in [0.29, 0.717) is 11.3 Å². The number of hydrogen-bond donors (Lipinski definition) is 1. The van der Waals surface area contributed by atoms with Crippen molar-refractivity contribution in [3.8, 4) is 0 Å². The quantitative estimate of drug-likeness (QED) is 0.576. The number of anilines is 1. The molecule has 23 heavy (non-hydrogen) atoms. The van der Waals surface area contributed by atoms with Crippen molar-refractivity contribution in [3.05, 3.63) is 47.8 Å². The van der Waals surface area contributed by atoms with Crippen LogP contribution in [0, 0.1) is 5.82 Å². The van der Waals surface area contributed by atoms with E-state index in [2.05, 4.69) is 24.4 Å². The summed E-state index contributed by atoms with van der Waals surface area (Å²) in [4.78, 5) is 11.6. The number of hydrogen-bond acceptors (Lipinski definition) is 7. The first-order valence-electron chi connectivity index (χ1n) is 6.37. The van der Waals surface area contributed by atoms with Gasteiger partial charge in [-0.05, 0) is 40.6 Å². The maximum absolute atomic E-state index is 13.5. The van der Waals surface area contributed by atoms with Crippen molar-refractivity contribution >= 4 is 34.1 Å². The lowest BCUT2D eigenvalue weighted by Crippen LogP contribution is -2.14. The molecule has 3 rings (SSSR count). The van der Waals surface area contributed by atoms with Crippen molar-refractivity contribution in [2.75, 3.05) is 11.8 Å². The summed E-state index contributed by atoms with van der Waals surface area (Å²) < 4.78 is 37.7. The number of rotatable bonds is 4. The lowest BCUT2D eigenvalue weighted by atomic mass is 10.2. The van der Waals surface area contributed by atoms with Crippen molar-refractivity contribution in [2.24, 2.45) is 0 Å². The number of carbonyl (C=O) groups excluding carboxylic acids is 1. The van der Waals surface area contributed by atoms with Crippen LogP contribution in [-0.2, 0) is 16.1 Å². The molecule has 118 valence electrons. The average molecular weight is 335 g/mol. The summed E-state index contributed by atoms with van der Waals surface area (Å²) in [7, 11) is 1.29. The SMILES string of the molecule is COC(=O)c1ccc(N[S+]([O-])c2ccc(F)c3nonc23)cc1. The van der Waals surface area contributed by atoms with Crippen LogP contribution in [0.25, 0.3) is 11.0 Å². The minimum absolute atomic E-state index is 0.0845. The second-order valence-corrected chi connectivity index (χ2v) is 5.63. The van der Waals surface area contributed by atoms with Gasteiger partial charge in [0.25, 0.3) is 0 Å². The van der Waals surface area contributed by atoms with Gasteiger partial charge in [-0.3, -0.25) is 0 Å². The number of nitrogens with one attached hydrogen (secondary N) is 1. The number of aromatic nitrogens is 2. The summed E-state index contributed by atoms with van der Waals surface area (Å²) in [5.74, 6) is -1.07. The van der Waals surface area contributed by atoms with Crippen LogP contribution >= 0.6 is 0 Å². The molecule has 1 atom stereocenters. The first kappa shape index (κ1) is 15.3. The Balaban J connectivity index is 1.83. The zero-order chi connectivity index (χ0) is 16.4. The van der Waals surface area contributed by atoms with Gasteiger partial charge in [-0.2, -0.15) is 0 Å². The van der Waals surface area contributed by atoms with Gasteiger partial charge < -0.3 is 9.29 Å². The van der Waals surface area contributed by atoms with Crippen LogP contribution in [0.1, 0.15) is 10.4 Å². The third kappa shape index (κ3) is 2.96. The van der Waals surface area contributed by atoms with Crippen LogP contribution in [0.4, 0.5) is 10.1 Å². The average Bonchev–Trinajstić information content (AvgIpc) is 3.05. The first-order chi connectivity index (χ1) is 11.1. The summed E-state index contributed by atoms with van der Waals surface area (Å²) in [5.41, 5.74) is 0.874. The molecular formula is C14H10FN3O4S. The highest BCUT2D eigenvalue weighted by Gasteiger charge is 2.22. The molecule has 0 bridgehead atoms. The zero-order valence-corrected chi connectivity index (χ0v) is 12.6. The molecule has 3 aromatic rings. The summed E-state index contributed by atoms with van der Waals surface area (Å²) >= 11 is -1.71. The standard InChI is InChI=1S/C14H10FN3O4S/c1-21-14(19)8-2-4-9(5-3-8)18-23(20)11-7-6-10(15)12-13(11)17-22-16-12/h2-7,18H,1H3. The molecule has 1 N–H and O–H groups in total. The molecule has 0 amide bonds. The van der Waals surface area contributed by atoms with E-state index in [4.69, 9.17) is 0 Å². The Hall–Kier alpha value is -2.65. The predicted octanol–water partition coefficient (Wildman–Crippen LogP) is 2.28. The third-order valence-corrected chi connectivity index (χ3v) is 4.20. The van der Waals surface area contributed by atoms with E-state index in [1.807, 2.05) is 0 Å². The summed E-state index contributed by atoms with van der Waals surface area (Å²) in [6.45, 7) is 0. The van der Waals surface area contributed by atoms with Crippen LogP contribution in [0.15, 0.2) is 45.9 Å². The molecule has 7 nitrogen and oxygen atoms in total. The molecule has 1 aromatic heterocycles. The maximum atomic E-state index is 13.5. The van der Waals surface area contributed by atoms with Gasteiger partial charge in [0.05, 0.1) is 18.4 Å². The van der Waals surface area contributed by atoms with E-state index in [0.717, 1.165) is 6.07 Å². The number of fused-ring (bicyclic) bond motifs is 1. The van der Waals surface area contributed by atoms with Gasteiger partial charge in [-0.15, -0.1) is 0 Å². The van der Waals surface area contributed by atoms with Crippen molar-refractivity contribution in [2.45, 2.75) is 4.90 Å². The van der Waals surface area contributed by atoms with Crippen LogP contribution in [0.3, 0.4) is 0 Å². The lowest BCUT2D eigenvalue weighted by Gasteiger charge is -2.11. The molecule has 0 aliphatic heterocycles. The van der Waals surface area contributed by atoms with Gasteiger partial charge in [-0.25, -0.2) is 18.5 Å². The Bertz CT molecular complexity index is 853. The number of carbonyl (C=O) groups is 1. The van der Waals surface area contributed by atoms with Gasteiger partial charge >= 0.3 is 5.97 Å². The second-order valence-electron chi connectivity index (χ2n) is 4.45. The molecule has 9 heteroatoms. The fourth-order valence-electron chi connectivity index (χ4n) is 1.92. The Labute approximate surface area is 132 Å². The molecule has 0 spiro atoms. The van der Waals surface area contributed by atoms with Gasteiger partial charge in [-0.1, -0.05) is 0 Å². The van der Waals surface area contributed by atoms with Crippen LogP contribution in [0.5, 0.6) is 0 Å². The van der Waals surface area contributed by atoms with E-state index >= 15 is 0 Å². The number of nitrogens with zero attached hydrogens (tertiary/aromatic N) is 2. The normalized spacial score (nSPS) is 12.1. The van der Waals surface area contributed by atoms with Crippen molar-refractivity contribution < 1.29 is 23.1 Å². The highest BCUT2D eigenvalue weighted by molar-refractivity contribution is 7.93. The fourth-order valence-corrected chi connectivity index (χ4v) is 2.88. The lowest BCUT2D eigenvalue weighted by molar-refractivity contribution is 0.0601. The monoisotopic (exact) mass is 335 g/mol. The summed E-state index contributed by atoms with van der Waals surface area (Å²) in [6.07, 6.45) is 0. The molecule has 0 aliphatic rings. The summed E-state index contributed by atoms with van der Waals surface area (Å²) in [5, 5.41) is 7.00. The molecule has 1 heterocycles. The van der Waals surface area contributed by atoms with Gasteiger partial charge in [0.1, 0.15) is 11.4 Å². The van der Waals surface area contributed by atoms with Crippen molar-refractivity contribution in [1.82, 2.24) is 10.3 Å². The Kier molecular flexibility index (Phi) is 4.13. The number of halogens is 1. The number of methoxy groups -OCH3 is 1. The minimum atomic E-state index is -1.71. The van der Waals surface area contributed by atoms with Crippen molar-refractivity contribution in [3.63, 3.8) is 0 Å². The molecule has 2 aromatic carbocycles. The smallest absolute Gasteiger partial charge is 0.337 e. The number of benzene rings is 2. The molecule has 0 aliphatic carbocycles. The molecular weight excluding hydrogens is 325 g/mol. The number of esters is 1. The maximum Gasteiger partial charge on any atom is 0.337 e. The van der Waals surface area contributed by atoms with Crippen LogP contribution < -0.4 is 4.72 Å². The van der Waals surface area contributed by atoms with Crippen molar-refractivity contribution in [1.29, 1.82) is 0 Å². The second kappa shape index (κ2) is 6.23. The van der Waals surface area contributed by atoms with E-state index in [9.17, 15) is 13.7 Å². The topological polar surface area (TPSA) is 100 Å². The zero-order valence-electron chi connectivity index (χ0n) is 11.8. The Morgan fingerprint density at radius 3 is 2.61 bits per heavy atom. The molecule has 0 saturated carbocycles. The predicted molar refractivity (Wildman–Crippen MR) is 79.6 cm³/mol. The largest absolute Gasteiger partial charge is 0.588 e. The van der Waals surface area contributed by atoms with Crippen LogP contribution in [0.2, 0.25) is 0 Å². The van der Waals surface area contributed by atoms with E-state index in [-0.39, 0.29) is 15.9 Å². The Morgan fingerprint density at radius 1 is 1.22 bits per heavy atom. The third-order valence-electron chi connectivity index (χ3n) is 3.05. The van der Waals surface area contributed by atoms with E-state index in [1.165, 1.54) is 25.3 Å². The molecule has 0 saturated heterocycles. The van der Waals surface area contributed by atoms with Gasteiger partial charge in [0.15, 0.2) is 16.9 Å². The minimum Gasteiger partial charge on any atom is -0.588 e.